The van der Waals surface area contributed by atoms with E-state index < -0.39 is 0 Å². The van der Waals surface area contributed by atoms with Crippen molar-refractivity contribution in [2.24, 2.45) is 0 Å². The van der Waals surface area contributed by atoms with Gasteiger partial charge >= 0.3 is 0 Å². The number of nitrogens with zero attached hydrogens (tertiary/aromatic N) is 3. The minimum Gasteiger partial charge on any atom is -0.292 e. The Bertz CT molecular complexity index is 592. The molecule has 2 aromatic rings. The van der Waals surface area contributed by atoms with Crippen molar-refractivity contribution in [1.29, 1.82) is 0 Å². The van der Waals surface area contributed by atoms with Gasteiger partial charge in [0.05, 0.1) is 0 Å². The molecule has 0 saturated carbocycles. The van der Waals surface area contributed by atoms with Gasteiger partial charge in [-0.25, -0.2) is 9.67 Å². The molecule has 0 fully saturated rings. The van der Waals surface area contributed by atoms with Gasteiger partial charge in [0, 0.05) is 22.9 Å². The van der Waals surface area contributed by atoms with Crippen LogP contribution in [0.15, 0.2) is 28.7 Å². The zero-order chi connectivity index (χ0) is 13.8. The summed E-state index contributed by atoms with van der Waals surface area (Å²) in [6.07, 6.45) is 1.56. The maximum absolute atomic E-state index is 12.2. The summed E-state index contributed by atoms with van der Waals surface area (Å²) in [6.45, 7) is 4.27. The van der Waals surface area contributed by atoms with Crippen molar-refractivity contribution in [2.45, 2.75) is 33.2 Å². The predicted octanol–water partition coefficient (Wildman–Crippen LogP) is 3.05. The van der Waals surface area contributed by atoms with Gasteiger partial charge in [-0.15, -0.1) is 0 Å². The molecule has 4 nitrogen and oxygen atoms in total. The van der Waals surface area contributed by atoms with Crippen molar-refractivity contribution in [3.63, 3.8) is 0 Å². The smallest absolute Gasteiger partial charge is 0.184 e. The van der Waals surface area contributed by atoms with Crippen LogP contribution < -0.4 is 0 Å². The lowest BCUT2D eigenvalue weighted by molar-refractivity contribution is 0.0966. The highest BCUT2D eigenvalue weighted by molar-refractivity contribution is 9.10. The summed E-state index contributed by atoms with van der Waals surface area (Å²) in [5.41, 5.74) is 0.685. The standard InChI is InChI=1S/C14H16BrN3O/c1-3-13-16-14(4-2)18(17-13)9-12(19)10-6-5-7-11(15)8-10/h5-8H,3-4,9H2,1-2H3. The lowest BCUT2D eigenvalue weighted by atomic mass is 10.1. The average molecular weight is 322 g/mol. The highest BCUT2D eigenvalue weighted by atomic mass is 79.9. The van der Waals surface area contributed by atoms with E-state index in [1.807, 2.05) is 38.1 Å². The van der Waals surface area contributed by atoms with Gasteiger partial charge in [-0.3, -0.25) is 4.79 Å². The summed E-state index contributed by atoms with van der Waals surface area (Å²) in [6, 6.07) is 7.40. The predicted molar refractivity (Wildman–Crippen MR) is 77.3 cm³/mol. The molecule has 0 unspecified atom stereocenters. The van der Waals surface area contributed by atoms with Crippen LogP contribution in [0, 0.1) is 0 Å². The van der Waals surface area contributed by atoms with Crippen LogP contribution in [0.2, 0.25) is 0 Å². The van der Waals surface area contributed by atoms with E-state index in [0.29, 0.717) is 5.56 Å². The van der Waals surface area contributed by atoms with Crippen LogP contribution in [0.25, 0.3) is 0 Å². The Morgan fingerprint density at radius 3 is 2.74 bits per heavy atom. The number of benzene rings is 1. The summed E-state index contributed by atoms with van der Waals surface area (Å²) >= 11 is 3.37. The molecule has 5 heteroatoms. The van der Waals surface area contributed by atoms with Gasteiger partial charge in [-0.05, 0) is 12.1 Å². The van der Waals surface area contributed by atoms with E-state index in [2.05, 4.69) is 26.0 Å². The quantitative estimate of drug-likeness (QED) is 0.795. The van der Waals surface area contributed by atoms with Gasteiger partial charge in [0.25, 0.3) is 0 Å². The summed E-state index contributed by atoms with van der Waals surface area (Å²) in [5, 5.41) is 4.36. The van der Waals surface area contributed by atoms with Crippen LogP contribution in [-0.2, 0) is 19.4 Å². The summed E-state index contributed by atoms with van der Waals surface area (Å²) in [5.74, 6) is 1.70. The number of aryl methyl sites for hydroxylation is 2. The topological polar surface area (TPSA) is 47.8 Å². The Kier molecular flexibility index (Phi) is 4.47. The molecule has 0 saturated heterocycles. The molecule has 2 rings (SSSR count). The maximum Gasteiger partial charge on any atom is 0.184 e. The first kappa shape index (κ1) is 13.9. The van der Waals surface area contributed by atoms with Crippen molar-refractivity contribution in [3.05, 3.63) is 46.0 Å². The number of carbonyl (C=O) groups excluding carboxylic acids is 1. The van der Waals surface area contributed by atoms with Crippen LogP contribution in [0.5, 0.6) is 0 Å². The normalized spacial score (nSPS) is 10.7. The Morgan fingerprint density at radius 1 is 1.32 bits per heavy atom. The molecule has 0 atom stereocenters. The summed E-state index contributed by atoms with van der Waals surface area (Å²) in [4.78, 5) is 16.6. The van der Waals surface area contributed by atoms with Gasteiger partial charge in [0.15, 0.2) is 11.6 Å². The van der Waals surface area contributed by atoms with Crippen LogP contribution in [0.1, 0.15) is 35.9 Å². The van der Waals surface area contributed by atoms with Gasteiger partial charge < -0.3 is 0 Å². The lowest BCUT2D eigenvalue weighted by Gasteiger charge is -2.04. The molecule has 1 heterocycles. The highest BCUT2D eigenvalue weighted by Crippen LogP contribution is 2.13. The molecule has 0 bridgehead atoms. The minimum atomic E-state index is 0.0450. The zero-order valence-electron chi connectivity index (χ0n) is 11.1. The monoisotopic (exact) mass is 321 g/mol. The number of hydrogen-bond acceptors (Lipinski definition) is 3. The third-order valence-corrected chi connectivity index (χ3v) is 3.36. The maximum atomic E-state index is 12.2. The SMILES string of the molecule is CCc1nc(CC)n(CC(=O)c2cccc(Br)c2)n1. The molecule has 0 aliphatic carbocycles. The molecule has 0 N–H and O–H groups in total. The molecular weight excluding hydrogens is 306 g/mol. The molecule has 0 amide bonds. The Labute approximate surface area is 121 Å². The number of Topliss-reactive ketones (excluding diaryl/α,β-unsaturated/α-hetero) is 1. The number of hydrogen-bond donors (Lipinski definition) is 0. The molecular formula is C14H16BrN3O. The first-order valence-corrected chi connectivity index (χ1v) is 7.14. The molecule has 0 aliphatic rings. The van der Waals surface area contributed by atoms with Crippen molar-refractivity contribution >= 4 is 21.7 Å². The molecule has 1 aromatic carbocycles. The molecule has 0 spiro atoms. The fourth-order valence-corrected chi connectivity index (χ4v) is 2.25. The first-order valence-electron chi connectivity index (χ1n) is 6.35. The van der Waals surface area contributed by atoms with Gasteiger partial charge in [0.2, 0.25) is 0 Å². The van der Waals surface area contributed by atoms with Crippen LogP contribution in [0.3, 0.4) is 0 Å². The largest absolute Gasteiger partial charge is 0.292 e. The van der Waals surface area contributed by atoms with Crippen LogP contribution >= 0.6 is 15.9 Å². The Hall–Kier alpha value is -1.49. The number of carbonyl (C=O) groups is 1. The minimum absolute atomic E-state index is 0.0450. The first-order chi connectivity index (χ1) is 9.13. The van der Waals surface area contributed by atoms with E-state index in [1.54, 1.807) is 4.68 Å². The van der Waals surface area contributed by atoms with Gasteiger partial charge in [-0.2, -0.15) is 5.10 Å². The third kappa shape index (κ3) is 3.29. The van der Waals surface area contributed by atoms with Gasteiger partial charge in [0.1, 0.15) is 12.4 Å². The number of ketones is 1. The van der Waals surface area contributed by atoms with Crippen LogP contribution in [-0.4, -0.2) is 20.5 Å². The van der Waals surface area contributed by atoms with E-state index in [-0.39, 0.29) is 12.3 Å². The van der Waals surface area contributed by atoms with Gasteiger partial charge in [-0.1, -0.05) is 41.9 Å². The molecule has 0 aliphatic heterocycles. The van der Waals surface area contributed by atoms with E-state index >= 15 is 0 Å². The molecule has 19 heavy (non-hydrogen) atoms. The zero-order valence-corrected chi connectivity index (χ0v) is 12.6. The van der Waals surface area contributed by atoms with Crippen molar-refractivity contribution in [1.82, 2.24) is 14.8 Å². The summed E-state index contributed by atoms with van der Waals surface area (Å²) < 4.78 is 2.61. The number of aromatic nitrogens is 3. The molecule has 1 aromatic heterocycles. The Morgan fingerprint density at radius 2 is 2.11 bits per heavy atom. The fraction of sp³-hybridized carbons (Fsp3) is 0.357. The van der Waals surface area contributed by atoms with Crippen molar-refractivity contribution in [2.75, 3.05) is 0 Å². The second-order valence-electron chi connectivity index (χ2n) is 4.24. The Balaban J connectivity index is 2.21. The van der Waals surface area contributed by atoms with Crippen molar-refractivity contribution < 1.29 is 4.79 Å². The highest BCUT2D eigenvalue weighted by Gasteiger charge is 2.12. The molecule has 100 valence electrons. The van der Waals surface area contributed by atoms with E-state index in [9.17, 15) is 4.79 Å². The number of rotatable bonds is 5. The average Bonchev–Trinajstić information content (AvgIpc) is 2.81. The van der Waals surface area contributed by atoms with E-state index in [4.69, 9.17) is 0 Å². The number of halogens is 1. The summed E-state index contributed by atoms with van der Waals surface area (Å²) in [7, 11) is 0. The molecule has 0 radical (unpaired) electrons. The third-order valence-electron chi connectivity index (χ3n) is 2.86. The van der Waals surface area contributed by atoms with E-state index in [1.165, 1.54) is 0 Å². The van der Waals surface area contributed by atoms with E-state index in [0.717, 1.165) is 29.0 Å². The second-order valence-corrected chi connectivity index (χ2v) is 5.16. The second kappa shape index (κ2) is 6.10. The fourth-order valence-electron chi connectivity index (χ4n) is 1.85. The lowest BCUT2D eigenvalue weighted by Crippen LogP contribution is -2.14. The van der Waals surface area contributed by atoms with Crippen molar-refractivity contribution in [3.8, 4) is 0 Å². The van der Waals surface area contributed by atoms with Crippen LogP contribution in [0.4, 0.5) is 0 Å².